The van der Waals surface area contributed by atoms with E-state index in [1.54, 1.807) is 0 Å². The Hall–Kier alpha value is -5.34. The highest BCUT2D eigenvalue weighted by molar-refractivity contribution is 6.03. The standard InChI is InChI=1S/C13H10.C10H8.4CHNO/c1-9-5-4-8-12-10-6-2-3-7-11(10)13(9)12;1-2-6-10-8-4-3-7-9(10)5-1;4*2-1-3/h2-8H,1H3;1-8H;4*2H. The second-order valence-electron chi connectivity index (χ2n) is 6.30. The van der Waals surface area contributed by atoms with Crippen molar-refractivity contribution in [2.75, 3.05) is 0 Å². The van der Waals surface area contributed by atoms with Crippen LogP contribution in [0.25, 0.3) is 33.0 Å². The lowest BCUT2D eigenvalue weighted by atomic mass is 9.78. The number of isocyanates is 4. The quantitative estimate of drug-likeness (QED) is 0.160. The molecule has 0 atom stereocenters. The molecule has 0 unspecified atom stereocenters. The predicted molar refractivity (Wildman–Crippen MR) is 133 cm³/mol. The summed E-state index contributed by atoms with van der Waals surface area (Å²) in [4.78, 5) is 33.4. The summed E-state index contributed by atoms with van der Waals surface area (Å²) in [5.41, 5.74) is 7.06. The van der Waals surface area contributed by atoms with E-state index in [0.29, 0.717) is 0 Å². The van der Waals surface area contributed by atoms with E-state index in [9.17, 15) is 0 Å². The SMILES string of the molecule is Cc1cccc2c1-c1ccccc1-2.N=C=O.N=C=O.N=C=O.N=C=O.c1ccc2ccccc2c1. The molecule has 5 rings (SSSR count). The smallest absolute Gasteiger partial charge is 0.222 e. The minimum Gasteiger partial charge on any atom is -0.222 e. The lowest BCUT2D eigenvalue weighted by molar-refractivity contribution is 0.562. The molecular formula is C27H22N4O4. The highest BCUT2D eigenvalue weighted by atomic mass is 16.1. The molecular weight excluding hydrogens is 444 g/mol. The van der Waals surface area contributed by atoms with Crippen molar-refractivity contribution >= 4 is 35.1 Å². The predicted octanol–water partition coefficient (Wildman–Crippen LogP) is 6.09. The molecule has 0 heterocycles. The first-order chi connectivity index (χ1) is 17.0. The van der Waals surface area contributed by atoms with Crippen LogP contribution in [0, 0.1) is 28.6 Å². The van der Waals surface area contributed by atoms with Crippen LogP contribution in [0.2, 0.25) is 0 Å². The molecule has 0 radical (unpaired) electrons. The van der Waals surface area contributed by atoms with Crippen molar-refractivity contribution in [3.63, 3.8) is 0 Å². The van der Waals surface area contributed by atoms with E-state index in [2.05, 4.69) is 97.9 Å². The molecule has 1 aliphatic rings. The van der Waals surface area contributed by atoms with Crippen LogP contribution >= 0.6 is 0 Å². The number of aryl methyl sites for hydroxylation is 1. The second kappa shape index (κ2) is 18.3. The fraction of sp³-hybridized carbons (Fsp3) is 0.0370. The third-order valence-electron chi connectivity index (χ3n) is 4.42. The molecule has 174 valence electrons. The zero-order valence-corrected chi connectivity index (χ0v) is 18.8. The monoisotopic (exact) mass is 466 g/mol. The molecule has 0 aromatic heterocycles. The van der Waals surface area contributed by atoms with Gasteiger partial charge in [0.05, 0.1) is 0 Å². The van der Waals surface area contributed by atoms with Gasteiger partial charge in [0.2, 0.25) is 24.3 Å². The summed E-state index contributed by atoms with van der Waals surface area (Å²) in [6, 6.07) is 31.8. The Morgan fingerprint density at radius 1 is 0.457 bits per heavy atom. The normalized spacial score (nSPS) is 8.03. The zero-order chi connectivity index (χ0) is 26.5. The Morgan fingerprint density at radius 3 is 1.17 bits per heavy atom. The van der Waals surface area contributed by atoms with Crippen molar-refractivity contribution in [2.45, 2.75) is 6.92 Å². The Morgan fingerprint density at radius 2 is 0.771 bits per heavy atom. The van der Waals surface area contributed by atoms with Crippen LogP contribution in [0.4, 0.5) is 0 Å². The molecule has 4 aromatic carbocycles. The molecule has 0 aliphatic heterocycles. The maximum Gasteiger partial charge on any atom is 0.231 e. The molecule has 8 nitrogen and oxygen atoms in total. The van der Waals surface area contributed by atoms with E-state index < -0.39 is 0 Å². The molecule has 0 saturated heterocycles. The van der Waals surface area contributed by atoms with Crippen LogP contribution in [0.3, 0.4) is 0 Å². The van der Waals surface area contributed by atoms with Crippen LogP contribution < -0.4 is 0 Å². The second-order valence-corrected chi connectivity index (χ2v) is 6.30. The third kappa shape index (κ3) is 9.77. The molecule has 0 saturated carbocycles. The van der Waals surface area contributed by atoms with E-state index in [1.807, 2.05) is 0 Å². The Labute approximate surface area is 201 Å². The van der Waals surface area contributed by atoms with Gasteiger partial charge in [-0.2, -0.15) is 0 Å². The van der Waals surface area contributed by atoms with Gasteiger partial charge in [-0.15, -0.1) is 0 Å². The van der Waals surface area contributed by atoms with Gasteiger partial charge in [-0.25, -0.2) is 40.8 Å². The van der Waals surface area contributed by atoms with Crippen LogP contribution in [-0.4, -0.2) is 24.3 Å². The summed E-state index contributed by atoms with van der Waals surface area (Å²) < 4.78 is 0. The number of hydrogen-bond acceptors (Lipinski definition) is 8. The van der Waals surface area contributed by atoms with Crippen molar-refractivity contribution in [2.24, 2.45) is 0 Å². The summed E-state index contributed by atoms with van der Waals surface area (Å²) in [7, 11) is 0. The molecule has 4 aromatic rings. The minimum absolute atomic E-state index is 0.750. The minimum atomic E-state index is 0.750. The first-order valence-corrected chi connectivity index (χ1v) is 9.79. The zero-order valence-electron chi connectivity index (χ0n) is 18.8. The van der Waals surface area contributed by atoms with Gasteiger partial charge in [-0.1, -0.05) is 91.0 Å². The topological polar surface area (TPSA) is 164 Å². The van der Waals surface area contributed by atoms with E-state index in [0.717, 1.165) is 24.3 Å². The lowest BCUT2D eigenvalue weighted by Gasteiger charge is -2.25. The van der Waals surface area contributed by atoms with Crippen LogP contribution in [0.1, 0.15) is 5.56 Å². The van der Waals surface area contributed by atoms with Crippen LogP contribution in [0.15, 0.2) is 91.0 Å². The van der Waals surface area contributed by atoms with E-state index in [1.165, 1.54) is 38.6 Å². The van der Waals surface area contributed by atoms with Crippen LogP contribution in [0.5, 0.6) is 0 Å². The maximum absolute atomic E-state index is 8.35. The van der Waals surface area contributed by atoms with E-state index >= 15 is 0 Å². The summed E-state index contributed by atoms with van der Waals surface area (Å²) in [5, 5.41) is 24.2. The van der Waals surface area contributed by atoms with Crippen LogP contribution in [-0.2, 0) is 19.2 Å². The summed E-state index contributed by atoms with van der Waals surface area (Å²) in [6.07, 6.45) is 3.00. The third-order valence-corrected chi connectivity index (χ3v) is 4.42. The highest BCUT2D eigenvalue weighted by Crippen LogP contribution is 2.48. The molecule has 4 N–H and O–H groups in total. The lowest BCUT2D eigenvalue weighted by Crippen LogP contribution is -1.99. The molecule has 0 spiro atoms. The number of carbonyl (C=O) groups excluding carboxylic acids is 4. The Balaban J connectivity index is 0.000000466. The molecule has 8 heteroatoms. The van der Waals surface area contributed by atoms with Gasteiger partial charge in [0.25, 0.3) is 0 Å². The molecule has 1 aliphatic carbocycles. The van der Waals surface area contributed by atoms with Gasteiger partial charge in [-0.05, 0) is 45.5 Å². The Bertz CT molecular complexity index is 1250. The molecule has 0 bridgehead atoms. The number of nitrogens with one attached hydrogen (secondary N) is 4. The largest absolute Gasteiger partial charge is 0.231 e. The average molecular weight is 466 g/mol. The maximum atomic E-state index is 8.35. The molecule has 35 heavy (non-hydrogen) atoms. The van der Waals surface area contributed by atoms with Gasteiger partial charge in [0.15, 0.2) is 0 Å². The molecule has 0 fully saturated rings. The van der Waals surface area contributed by atoms with E-state index in [4.69, 9.17) is 40.8 Å². The average Bonchev–Trinajstić information content (AvgIpc) is 2.85. The van der Waals surface area contributed by atoms with Gasteiger partial charge < -0.3 is 0 Å². The summed E-state index contributed by atoms with van der Waals surface area (Å²) >= 11 is 0. The molecule has 0 amide bonds. The summed E-state index contributed by atoms with van der Waals surface area (Å²) in [6.45, 7) is 2.18. The number of rotatable bonds is 0. The number of hydrogen-bond donors (Lipinski definition) is 4. The van der Waals surface area contributed by atoms with Crippen molar-refractivity contribution in [3.05, 3.63) is 96.6 Å². The summed E-state index contributed by atoms with van der Waals surface area (Å²) in [5.74, 6) is 0. The fourth-order valence-corrected chi connectivity index (χ4v) is 3.26. The van der Waals surface area contributed by atoms with Gasteiger partial charge in [-0.3, -0.25) is 0 Å². The van der Waals surface area contributed by atoms with Crippen molar-refractivity contribution in [1.29, 1.82) is 21.6 Å². The van der Waals surface area contributed by atoms with Crippen molar-refractivity contribution < 1.29 is 19.2 Å². The number of fused-ring (bicyclic) bond motifs is 5. The highest BCUT2D eigenvalue weighted by Gasteiger charge is 2.22. The Kier molecular flexibility index (Phi) is 15.5. The van der Waals surface area contributed by atoms with Crippen molar-refractivity contribution in [1.82, 2.24) is 0 Å². The van der Waals surface area contributed by atoms with Gasteiger partial charge in [0, 0.05) is 0 Å². The van der Waals surface area contributed by atoms with Crippen molar-refractivity contribution in [3.8, 4) is 22.3 Å². The fourth-order valence-electron chi connectivity index (χ4n) is 3.26. The first-order valence-electron chi connectivity index (χ1n) is 9.79. The van der Waals surface area contributed by atoms with E-state index in [-0.39, 0.29) is 0 Å². The van der Waals surface area contributed by atoms with Gasteiger partial charge >= 0.3 is 0 Å². The number of benzene rings is 4. The first kappa shape index (κ1) is 29.7. The van der Waals surface area contributed by atoms with Gasteiger partial charge in [0.1, 0.15) is 0 Å².